The van der Waals surface area contributed by atoms with Gasteiger partial charge >= 0.3 is 5.97 Å². The third-order valence-electron chi connectivity index (χ3n) is 6.67. The van der Waals surface area contributed by atoms with Crippen molar-refractivity contribution in [3.63, 3.8) is 0 Å². The summed E-state index contributed by atoms with van der Waals surface area (Å²) in [6.45, 7) is 8.03. The van der Waals surface area contributed by atoms with Crippen LogP contribution in [0.25, 0.3) is 6.08 Å². The van der Waals surface area contributed by atoms with E-state index in [-0.39, 0.29) is 18.8 Å². The fourth-order valence-electron chi connectivity index (χ4n) is 4.62. The summed E-state index contributed by atoms with van der Waals surface area (Å²) in [6, 6.07) is 19.2. The zero-order valence-electron chi connectivity index (χ0n) is 23.5. The highest BCUT2D eigenvalue weighted by atomic mass is 35.5. The number of hydrogen-bond acceptors (Lipinski definition) is 7. The summed E-state index contributed by atoms with van der Waals surface area (Å²) in [5.41, 5.74) is 2.94. The molecular formula is C33H28Cl2N2O5S. The molecule has 0 fully saturated rings. The van der Waals surface area contributed by atoms with Crippen molar-refractivity contribution in [2.75, 3.05) is 13.2 Å². The van der Waals surface area contributed by atoms with Gasteiger partial charge in [-0.1, -0.05) is 77.5 Å². The van der Waals surface area contributed by atoms with Gasteiger partial charge in [0.1, 0.15) is 24.7 Å². The van der Waals surface area contributed by atoms with Gasteiger partial charge in [-0.15, -0.1) is 0 Å². The maximum Gasteiger partial charge on any atom is 0.338 e. The van der Waals surface area contributed by atoms with Gasteiger partial charge in [0, 0.05) is 15.6 Å². The predicted octanol–water partition coefficient (Wildman–Crippen LogP) is 6.25. The molecule has 0 spiro atoms. The first-order valence-electron chi connectivity index (χ1n) is 13.5. The normalized spacial score (nSPS) is 14.6. The van der Waals surface area contributed by atoms with Crippen LogP contribution in [0, 0.1) is 0 Å². The lowest BCUT2D eigenvalue weighted by atomic mass is 9.96. The third kappa shape index (κ3) is 6.77. The largest absolute Gasteiger partial charge is 0.490 e. The number of rotatable bonds is 10. The van der Waals surface area contributed by atoms with E-state index in [1.165, 1.54) is 11.3 Å². The Morgan fingerprint density at radius 3 is 2.42 bits per heavy atom. The minimum Gasteiger partial charge on any atom is -0.490 e. The van der Waals surface area contributed by atoms with Gasteiger partial charge in [0.15, 0.2) is 4.80 Å². The number of ether oxygens (including phenoxy) is 3. The summed E-state index contributed by atoms with van der Waals surface area (Å²) in [4.78, 5) is 32.1. The van der Waals surface area contributed by atoms with E-state index < -0.39 is 12.0 Å². The van der Waals surface area contributed by atoms with E-state index in [1.807, 2.05) is 42.5 Å². The van der Waals surface area contributed by atoms with Crippen LogP contribution in [0.15, 0.2) is 100 Å². The monoisotopic (exact) mass is 634 g/mol. The van der Waals surface area contributed by atoms with Crippen molar-refractivity contribution in [3.8, 4) is 11.5 Å². The molecule has 10 heteroatoms. The Morgan fingerprint density at radius 1 is 1.05 bits per heavy atom. The van der Waals surface area contributed by atoms with Gasteiger partial charge in [-0.25, -0.2) is 9.79 Å². The standard InChI is InChI=1S/C33H28Cl2N2O5S/c1-4-16-41-25-14-9-22(10-15-25)30-29(32(39)40-5-2)20(3)36-33-37(30)31(38)28(43-33)17-21-6-12-26(13-7-21)42-19-23-8-11-24(34)18-27(23)35/h4,6-15,17-18,30H,1,5,16,19H2,2-3H3/b28-17-/t30-/m0/s1. The topological polar surface area (TPSA) is 79.1 Å². The molecule has 2 heterocycles. The molecular weight excluding hydrogens is 607 g/mol. The number of nitrogens with zero attached hydrogens (tertiary/aromatic N) is 2. The van der Waals surface area contributed by atoms with Gasteiger partial charge in [-0.3, -0.25) is 9.36 Å². The van der Waals surface area contributed by atoms with Crippen LogP contribution in [0.1, 0.15) is 36.6 Å². The maximum absolute atomic E-state index is 13.8. The number of benzene rings is 3. The van der Waals surface area contributed by atoms with Crippen LogP contribution in [-0.4, -0.2) is 23.8 Å². The summed E-state index contributed by atoms with van der Waals surface area (Å²) < 4.78 is 18.9. The molecule has 0 bridgehead atoms. The molecule has 0 saturated heterocycles. The molecule has 3 aromatic carbocycles. The van der Waals surface area contributed by atoms with Crippen LogP contribution >= 0.6 is 34.5 Å². The fraction of sp³-hybridized carbons (Fsp3) is 0.182. The van der Waals surface area contributed by atoms with Gasteiger partial charge in [0.2, 0.25) is 0 Å². The Balaban J connectivity index is 1.47. The Morgan fingerprint density at radius 2 is 1.74 bits per heavy atom. The summed E-state index contributed by atoms with van der Waals surface area (Å²) >= 11 is 13.5. The molecule has 0 unspecified atom stereocenters. The first-order valence-corrected chi connectivity index (χ1v) is 15.1. The minimum atomic E-state index is -0.707. The van der Waals surface area contributed by atoms with Crippen molar-refractivity contribution in [1.82, 2.24) is 4.57 Å². The molecule has 1 aliphatic rings. The van der Waals surface area contributed by atoms with Gasteiger partial charge < -0.3 is 14.2 Å². The lowest BCUT2D eigenvalue weighted by Crippen LogP contribution is -2.39. The van der Waals surface area contributed by atoms with Crippen molar-refractivity contribution in [2.45, 2.75) is 26.5 Å². The summed E-state index contributed by atoms with van der Waals surface area (Å²) in [6.07, 6.45) is 3.46. The molecule has 220 valence electrons. The molecule has 1 atom stereocenters. The van der Waals surface area contributed by atoms with Crippen LogP contribution in [-0.2, 0) is 16.1 Å². The lowest BCUT2D eigenvalue weighted by molar-refractivity contribution is -0.139. The Hall–Kier alpha value is -4.11. The number of aromatic nitrogens is 1. The Labute approximate surface area is 262 Å². The van der Waals surface area contributed by atoms with E-state index in [0.717, 1.165) is 16.7 Å². The summed E-state index contributed by atoms with van der Waals surface area (Å²) in [5.74, 6) is 0.795. The van der Waals surface area contributed by atoms with Crippen molar-refractivity contribution in [1.29, 1.82) is 0 Å². The first-order chi connectivity index (χ1) is 20.8. The summed E-state index contributed by atoms with van der Waals surface area (Å²) in [7, 11) is 0. The van der Waals surface area contributed by atoms with Crippen LogP contribution in [0.5, 0.6) is 11.5 Å². The zero-order chi connectivity index (χ0) is 30.5. The highest BCUT2D eigenvalue weighted by Crippen LogP contribution is 2.31. The number of carbonyl (C=O) groups excluding carboxylic acids is 1. The molecule has 0 N–H and O–H groups in total. The van der Waals surface area contributed by atoms with E-state index in [0.29, 0.717) is 48.8 Å². The first kappa shape index (κ1) is 30.4. The lowest BCUT2D eigenvalue weighted by Gasteiger charge is -2.24. The van der Waals surface area contributed by atoms with Crippen LogP contribution in [0.2, 0.25) is 10.0 Å². The molecule has 0 radical (unpaired) electrons. The van der Waals surface area contributed by atoms with Gasteiger partial charge in [-0.2, -0.15) is 0 Å². The van der Waals surface area contributed by atoms with Crippen molar-refractivity contribution < 1.29 is 19.0 Å². The maximum atomic E-state index is 13.8. The highest BCUT2D eigenvalue weighted by molar-refractivity contribution is 7.07. The van der Waals surface area contributed by atoms with Crippen LogP contribution in [0.4, 0.5) is 0 Å². The van der Waals surface area contributed by atoms with Crippen LogP contribution in [0.3, 0.4) is 0 Å². The Bertz CT molecular complexity index is 1880. The van der Waals surface area contributed by atoms with E-state index >= 15 is 0 Å². The minimum absolute atomic E-state index is 0.202. The quantitative estimate of drug-likeness (QED) is 0.152. The van der Waals surface area contributed by atoms with Crippen molar-refractivity contribution in [2.24, 2.45) is 4.99 Å². The number of hydrogen-bond donors (Lipinski definition) is 0. The van der Waals surface area contributed by atoms with Crippen molar-refractivity contribution in [3.05, 3.63) is 137 Å². The second-order valence-corrected chi connectivity index (χ2v) is 11.4. The SMILES string of the molecule is C=CCOc1ccc([C@H]2C(C(=O)OCC)=C(C)N=c3s/c(=C\c4ccc(OCc5ccc(Cl)cc5Cl)cc4)c(=O)n32)cc1. The van der Waals surface area contributed by atoms with Crippen LogP contribution < -0.4 is 24.4 Å². The smallest absolute Gasteiger partial charge is 0.338 e. The zero-order valence-corrected chi connectivity index (χ0v) is 25.8. The molecule has 5 rings (SSSR count). The van der Waals surface area contributed by atoms with E-state index in [2.05, 4.69) is 11.6 Å². The second kappa shape index (κ2) is 13.5. The highest BCUT2D eigenvalue weighted by Gasteiger charge is 2.33. The number of carbonyl (C=O) groups is 1. The molecule has 4 aromatic rings. The number of esters is 1. The molecule has 1 aliphatic heterocycles. The molecule has 0 aliphatic carbocycles. The fourth-order valence-corrected chi connectivity index (χ4v) is 6.13. The molecule has 0 saturated carbocycles. The molecule has 0 amide bonds. The predicted molar refractivity (Wildman–Crippen MR) is 170 cm³/mol. The molecule has 1 aromatic heterocycles. The second-order valence-electron chi connectivity index (χ2n) is 9.56. The number of thiazole rings is 1. The van der Waals surface area contributed by atoms with E-state index in [4.69, 9.17) is 37.4 Å². The van der Waals surface area contributed by atoms with Gasteiger partial charge in [0.05, 0.1) is 28.5 Å². The number of fused-ring (bicyclic) bond motifs is 1. The van der Waals surface area contributed by atoms with Gasteiger partial charge in [0.25, 0.3) is 5.56 Å². The average Bonchev–Trinajstić information content (AvgIpc) is 3.29. The van der Waals surface area contributed by atoms with Gasteiger partial charge in [-0.05, 0) is 67.4 Å². The van der Waals surface area contributed by atoms with Crippen molar-refractivity contribution >= 4 is 46.6 Å². The summed E-state index contributed by atoms with van der Waals surface area (Å²) in [5, 5.41) is 1.10. The molecule has 43 heavy (non-hydrogen) atoms. The Kier molecular flexibility index (Phi) is 9.50. The van der Waals surface area contributed by atoms with E-state index in [9.17, 15) is 9.59 Å². The average molecular weight is 636 g/mol. The number of allylic oxidation sites excluding steroid dienone is 1. The molecule has 7 nitrogen and oxygen atoms in total. The van der Waals surface area contributed by atoms with E-state index in [1.54, 1.807) is 54.8 Å². The number of halogens is 2. The third-order valence-corrected chi connectivity index (χ3v) is 8.24.